The number of aliphatic carboxylic acids is 1. The molecule has 0 aromatic carbocycles. The molecule has 0 aliphatic heterocycles. The molecule has 2 N–H and O–H groups in total. The third kappa shape index (κ3) is 3.86. The van der Waals surface area contributed by atoms with E-state index in [0.717, 1.165) is 4.68 Å². The van der Waals surface area contributed by atoms with E-state index in [4.69, 9.17) is 5.11 Å². The fourth-order valence-corrected chi connectivity index (χ4v) is 1.50. The normalized spacial score (nSPS) is 10.4. The SMILES string of the molecule is O=C(O)Cn1cc(C(=O)NCCCn2ccnn2)nn1. The summed E-state index contributed by atoms with van der Waals surface area (Å²) in [5, 5.41) is 25.9. The van der Waals surface area contributed by atoms with Crippen LogP contribution in [0.4, 0.5) is 0 Å². The van der Waals surface area contributed by atoms with E-state index >= 15 is 0 Å². The molecule has 0 radical (unpaired) electrons. The Labute approximate surface area is 113 Å². The number of amides is 1. The predicted octanol–water partition coefficient (Wildman–Crippen LogP) is -1.23. The number of carbonyl (C=O) groups is 2. The van der Waals surface area contributed by atoms with E-state index in [1.807, 2.05) is 0 Å². The van der Waals surface area contributed by atoms with E-state index in [-0.39, 0.29) is 18.1 Å². The standard InChI is InChI=1S/C10H13N7O3/c18-9(19)7-17-6-8(13-15-17)10(20)11-2-1-4-16-5-3-12-14-16/h3,5-6H,1-2,4,7H2,(H,11,20)(H,18,19). The van der Waals surface area contributed by atoms with Crippen LogP contribution in [-0.4, -0.2) is 53.5 Å². The van der Waals surface area contributed by atoms with E-state index in [0.29, 0.717) is 19.5 Å². The van der Waals surface area contributed by atoms with Gasteiger partial charge in [0.1, 0.15) is 6.54 Å². The van der Waals surface area contributed by atoms with Crippen LogP contribution in [0.15, 0.2) is 18.6 Å². The average Bonchev–Trinajstić information content (AvgIpc) is 3.04. The summed E-state index contributed by atoms with van der Waals surface area (Å²) in [5.74, 6) is -1.44. The summed E-state index contributed by atoms with van der Waals surface area (Å²) in [5.41, 5.74) is 0.0898. The molecule has 106 valence electrons. The molecule has 0 aliphatic rings. The van der Waals surface area contributed by atoms with Crippen molar-refractivity contribution in [2.24, 2.45) is 0 Å². The van der Waals surface area contributed by atoms with Crippen molar-refractivity contribution in [3.05, 3.63) is 24.3 Å². The molecule has 2 rings (SSSR count). The van der Waals surface area contributed by atoms with Crippen LogP contribution in [-0.2, 0) is 17.9 Å². The van der Waals surface area contributed by atoms with Gasteiger partial charge in [-0.25, -0.2) is 4.68 Å². The maximum atomic E-state index is 11.7. The Bertz CT molecular complexity index is 577. The van der Waals surface area contributed by atoms with Gasteiger partial charge in [-0.15, -0.1) is 10.2 Å². The van der Waals surface area contributed by atoms with Gasteiger partial charge in [-0.1, -0.05) is 10.4 Å². The first-order valence-electron chi connectivity index (χ1n) is 5.89. The summed E-state index contributed by atoms with van der Waals surface area (Å²) >= 11 is 0. The number of rotatable bonds is 7. The van der Waals surface area contributed by atoms with E-state index in [1.54, 1.807) is 17.1 Å². The van der Waals surface area contributed by atoms with Gasteiger partial charge in [0.05, 0.1) is 12.4 Å². The smallest absolute Gasteiger partial charge is 0.325 e. The van der Waals surface area contributed by atoms with Crippen molar-refractivity contribution in [3.63, 3.8) is 0 Å². The fourth-order valence-electron chi connectivity index (χ4n) is 1.50. The topological polar surface area (TPSA) is 128 Å². The number of nitrogens with zero attached hydrogens (tertiary/aromatic N) is 6. The van der Waals surface area contributed by atoms with Crippen molar-refractivity contribution in [2.75, 3.05) is 6.54 Å². The highest BCUT2D eigenvalue weighted by Crippen LogP contribution is 1.94. The van der Waals surface area contributed by atoms with Crippen molar-refractivity contribution in [1.82, 2.24) is 35.3 Å². The second-order valence-corrected chi connectivity index (χ2v) is 3.97. The zero-order chi connectivity index (χ0) is 14.4. The van der Waals surface area contributed by atoms with Crippen LogP contribution in [0.3, 0.4) is 0 Å². The number of nitrogens with one attached hydrogen (secondary N) is 1. The van der Waals surface area contributed by atoms with Crippen LogP contribution < -0.4 is 5.32 Å². The lowest BCUT2D eigenvalue weighted by atomic mass is 10.4. The van der Waals surface area contributed by atoms with E-state index in [9.17, 15) is 9.59 Å². The lowest BCUT2D eigenvalue weighted by molar-refractivity contribution is -0.137. The van der Waals surface area contributed by atoms with Gasteiger partial charge in [0.15, 0.2) is 5.69 Å². The van der Waals surface area contributed by atoms with Crippen LogP contribution in [0.2, 0.25) is 0 Å². The molecule has 0 aliphatic carbocycles. The Morgan fingerprint density at radius 3 is 2.85 bits per heavy atom. The molecule has 2 aromatic heterocycles. The van der Waals surface area contributed by atoms with Crippen molar-refractivity contribution in [2.45, 2.75) is 19.5 Å². The molecule has 0 bridgehead atoms. The third-order valence-corrected chi connectivity index (χ3v) is 2.39. The highest BCUT2D eigenvalue weighted by atomic mass is 16.4. The first-order valence-corrected chi connectivity index (χ1v) is 5.89. The fraction of sp³-hybridized carbons (Fsp3) is 0.400. The minimum Gasteiger partial charge on any atom is -0.480 e. The number of carboxylic acid groups (broad SMARTS) is 1. The van der Waals surface area contributed by atoms with Crippen LogP contribution in [0.5, 0.6) is 0 Å². The zero-order valence-corrected chi connectivity index (χ0v) is 10.5. The zero-order valence-electron chi connectivity index (χ0n) is 10.5. The van der Waals surface area contributed by atoms with E-state index < -0.39 is 5.97 Å². The van der Waals surface area contributed by atoms with Crippen molar-refractivity contribution < 1.29 is 14.7 Å². The average molecular weight is 279 g/mol. The number of carboxylic acids is 1. The minimum absolute atomic E-state index is 0.0898. The second-order valence-electron chi connectivity index (χ2n) is 3.97. The largest absolute Gasteiger partial charge is 0.480 e. The summed E-state index contributed by atoms with van der Waals surface area (Å²) < 4.78 is 2.75. The number of hydrogen-bond acceptors (Lipinski definition) is 6. The molecule has 20 heavy (non-hydrogen) atoms. The summed E-state index contributed by atoms with van der Waals surface area (Å²) in [6.07, 6.45) is 5.30. The van der Waals surface area contributed by atoms with Crippen molar-refractivity contribution in [3.8, 4) is 0 Å². The first-order chi connectivity index (χ1) is 9.65. The van der Waals surface area contributed by atoms with E-state index in [2.05, 4.69) is 25.9 Å². The quantitative estimate of drug-likeness (QED) is 0.607. The van der Waals surface area contributed by atoms with Gasteiger partial charge >= 0.3 is 5.97 Å². The molecule has 0 fully saturated rings. The summed E-state index contributed by atoms with van der Waals surface area (Å²) in [6.45, 7) is 0.767. The number of aromatic nitrogens is 6. The van der Waals surface area contributed by atoms with Crippen LogP contribution in [0.1, 0.15) is 16.9 Å². The first kappa shape index (κ1) is 13.6. The van der Waals surface area contributed by atoms with E-state index in [1.165, 1.54) is 6.20 Å². The number of aryl methyl sites for hydroxylation is 1. The molecule has 0 unspecified atom stereocenters. The van der Waals surface area contributed by atoms with Gasteiger partial charge in [0, 0.05) is 19.3 Å². The maximum Gasteiger partial charge on any atom is 0.325 e. The highest BCUT2D eigenvalue weighted by Gasteiger charge is 2.11. The Balaban J connectivity index is 1.74. The van der Waals surface area contributed by atoms with Gasteiger partial charge in [-0.2, -0.15) is 0 Å². The number of hydrogen-bond donors (Lipinski definition) is 2. The van der Waals surface area contributed by atoms with Gasteiger partial charge in [-0.3, -0.25) is 14.3 Å². The maximum absolute atomic E-state index is 11.7. The molecule has 0 saturated carbocycles. The Morgan fingerprint density at radius 1 is 1.30 bits per heavy atom. The summed E-state index contributed by atoms with van der Waals surface area (Å²) in [6, 6.07) is 0. The molecule has 0 spiro atoms. The van der Waals surface area contributed by atoms with Gasteiger partial charge < -0.3 is 10.4 Å². The molecule has 2 heterocycles. The predicted molar refractivity (Wildman–Crippen MR) is 64.6 cm³/mol. The second kappa shape index (κ2) is 6.41. The third-order valence-electron chi connectivity index (χ3n) is 2.39. The minimum atomic E-state index is -1.05. The molecule has 10 heteroatoms. The summed E-state index contributed by atoms with van der Waals surface area (Å²) in [7, 11) is 0. The molecular formula is C10H13N7O3. The van der Waals surface area contributed by atoms with Crippen molar-refractivity contribution in [1.29, 1.82) is 0 Å². The monoisotopic (exact) mass is 279 g/mol. The lowest BCUT2D eigenvalue weighted by Gasteiger charge is -2.02. The Hall–Kier alpha value is -2.78. The van der Waals surface area contributed by atoms with Gasteiger partial charge in [0.25, 0.3) is 5.91 Å². The molecule has 0 saturated heterocycles. The van der Waals surface area contributed by atoms with Gasteiger partial charge in [-0.05, 0) is 6.42 Å². The van der Waals surface area contributed by atoms with Crippen molar-refractivity contribution >= 4 is 11.9 Å². The van der Waals surface area contributed by atoms with Crippen LogP contribution >= 0.6 is 0 Å². The molecule has 10 nitrogen and oxygen atoms in total. The van der Waals surface area contributed by atoms with Gasteiger partial charge in [0.2, 0.25) is 0 Å². The summed E-state index contributed by atoms with van der Waals surface area (Å²) in [4.78, 5) is 22.2. The molecule has 0 atom stereocenters. The Kier molecular flexibility index (Phi) is 4.37. The Morgan fingerprint density at radius 2 is 2.15 bits per heavy atom. The molecule has 1 amide bonds. The lowest BCUT2D eigenvalue weighted by Crippen LogP contribution is -2.25. The molecule has 2 aromatic rings. The van der Waals surface area contributed by atoms with Crippen LogP contribution in [0, 0.1) is 0 Å². The van der Waals surface area contributed by atoms with Crippen LogP contribution in [0.25, 0.3) is 0 Å². The number of carbonyl (C=O) groups excluding carboxylic acids is 1. The highest BCUT2D eigenvalue weighted by molar-refractivity contribution is 5.91. The molecular weight excluding hydrogens is 266 g/mol.